The van der Waals surface area contributed by atoms with Gasteiger partial charge in [-0.2, -0.15) is 0 Å². The summed E-state index contributed by atoms with van der Waals surface area (Å²) in [7, 11) is 0. The van der Waals surface area contributed by atoms with E-state index < -0.39 is 0 Å². The lowest BCUT2D eigenvalue weighted by Crippen LogP contribution is -1.97. The third kappa shape index (κ3) is 1.75. The van der Waals surface area contributed by atoms with Crippen molar-refractivity contribution in [3.8, 4) is 5.75 Å². The Hall–Kier alpha value is -0.280. The minimum Gasteiger partial charge on any atom is -0.492 e. The molecular weight excluding hydrogens is 270 g/mol. The summed E-state index contributed by atoms with van der Waals surface area (Å²) in [6.07, 6.45) is 2.88. The third-order valence-electron chi connectivity index (χ3n) is 2.28. The molecule has 1 aliphatic rings. The zero-order valence-electron chi connectivity index (χ0n) is 7.45. The fraction of sp³-hybridized carbons (Fsp3) is 0.400. The number of benzene rings is 1. The van der Waals surface area contributed by atoms with Crippen molar-refractivity contribution in [3.05, 3.63) is 26.9 Å². The number of hydrogen-bond donors (Lipinski definition) is 0. The minimum absolute atomic E-state index is 0.102. The van der Waals surface area contributed by atoms with Gasteiger partial charge in [0.15, 0.2) is 0 Å². The summed E-state index contributed by atoms with van der Waals surface area (Å²) in [6.45, 7) is 0.674. The van der Waals surface area contributed by atoms with Crippen molar-refractivity contribution in [1.82, 2.24) is 0 Å². The fourth-order valence-corrected chi connectivity index (χ4v) is 2.26. The van der Waals surface area contributed by atoms with Crippen LogP contribution in [0.1, 0.15) is 18.4 Å². The normalized spacial score (nSPS) is 15.6. The molecule has 0 unspecified atom stereocenters. The molecule has 1 aromatic carbocycles. The highest BCUT2D eigenvalue weighted by Gasteiger charge is 2.18. The van der Waals surface area contributed by atoms with Gasteiger partial charge in [-0.3, -0.25) is 0 Å². The Bertz CT molecular complexity index is 368. The predicted octanol–water partition coefficient (Wildman–Crippen LogP) is 3.96. The van der Waals surface area contributed by atoms with Crippen LogP contribution in [0.4, 0.5) is 4.39 Å². The second-order valence-electron chi connectivity index (χ2n) is 3.28. The van der Waals surface area contributed by atoms with E-state index in [1.54, 1.807) is 0 Å². The highest BCUT2D eigenvalue weighted by Crippen LogP contribution is 2.39. The van der Waals surface area contributed by atoms with Gasteiger partial charge in [0.05, 0.1) is 16.1 Å². The first kappa shape index (κ1) is 10.2. The maximum atomic E-state index is 13.3. The Morgan fingerprint density at radius 2 is 2.21 bits per heavy atom. The van der Waals surface area contributed by atoms with Crippen LogP contribution in [-0.4, -0.2) is 6.61 Å². The van der Waals surface area contributed by atoms with Gasteiger partial charge in [0.25, 0.3) is 0 Å². The molecular formula is C10H9BrClFO. The number of halogens is 3. The monoisotopic (exact) mass is 278 g/mol. The molecule has 76 valence electrons. The van der Waals surface area contributed by atoms with E-state index in [-0.39, 0.29) is 10.8 Å². The van der Waals surface area contributed by atoms with Gasteiger partial charge >= 0.3 is 0 Å². The second-order valence-corrected chi connectivity index (χ2v) is 4.45. The zero-order chi connectivity index (χ0) is 10.1. The van der Waals surface area contributed by atoms with Crippen molar-refractivity contribution < 1.29 is 9.13 Å². The summed E-state index contributed by atoms with van der Waals surface area (Å²) >= 11 is 9.02. The molecule has 0 fully saturated rings. The zero-order valence-corrected chi connectivity index (χ0v) is 9.79. The molecule has 2 rings (SSSR count). The average molecular weight is 280 g/mol. The van der Waals surface area contributed by atoms with Crippen LogP contribution in [0.25, 0.3) is 0 Å². The lowest BCUT2D eigenvalue weighted by molar-refractivity contribution is 0.314. The maximum absolute atomic E-state index is 13.3. The number of ether oxygens (including phenoxy) is 1. The largest absolute Gasteiger partial charge is 0.492 e. The first-order chi connectivity index (χ1) is 6.70. The van der Waals surface area contributed by atoms with Crippen molar-refractivity contribution >= 4 is 27.5 Å². The molecule has 1 aromatic rings. The summed E-state index contributed by atoms with van der Waals surface area (Å²) in [5.41, 5.74) is 0.899. The molecule has 14 heavy (non-hydrogen) atoms. The van der Waals surface area contributed by atoms with Gasteiger partial charge < -0.3 is 4.74 Å². The molecule has 0 radical (unpaired) electrons. The van der Waals surface area contributed by atoms with Gasteiger partial charge in [0.1, 0.15) is 11.6 Å². The molecule has 0 amide bonds. The number of hydrogen-bond acceptors (Lipinski definition) is 1. The van der Waals surface area contributed by atoms with Crippen LogP contribution in [0.3, 0.4) is 0 Å². The smallest absolute Gasteiger partial charge is 0.143 e. The number of rotatable bonds is 0. The highest BCUT2D eigenvalue weighted by atomic mass is 79.9. The Morgan fingerprint density at radius 3 is 3.00 bits per heavy atom. The van der Waals surface area contributed by atoms with Gasteiger partial charge in [0.2, 0.25) is 0 Å². The van der Waals surface area contributed by atoms with Gasteiger partial charge in [0, 0.05) is 0 Å². The summed E-state index contributed by atoms with van der Waals surface area (Å²) in [6, 6.07) is 1.47. The van der Waals surface area contributed by atoms with E-state index in [4.69, 9.17) is 16.3 Å². The van der Waals surface area contributed by atoms with E-state index in [9.17, 15) is 4.39 Å². The molecule has 0 bridgehead atoms. The van der Waals surface area contributed by atoms with E-state index in [1.807, 2.05) is 0 Å². The van der Waals surface area contributed by atoms with Crippen LogP contribution in [0.2, 0.25) is 5.02 Å². The van der Waals surface area contributed by atoms with E-state index in [0.717, 1.165) is 24.8 Å². The van der Waals surface area contributed by atoms with Gasteiger partial charge in [-0.1, -0.05) is 11.6 Å². The van der Waals surface area contributed by atoms with Crippen LogP contribution in [0.5, 0.6) is 5.75 Å². The molecule has 0 saturated carbocycles. The molecule has 1 aliphatic heterocycles. The van der Waals surface area contributed by atoms with Crippen molar-refractivity contribution in [2.24, 2.45) is 0 Å². The van der Waals surface area contributed by atoms with Crippen molar-refractivity contribution in [1.29, 1.82) is 0 Å². The molecule has 0 saturated heterocycles. The molecule has 0 aromatic heterocycles. The number of fused-ring (bicyclic) bond motifs is 1. The molecule has 0 spiro atoms. The molecule has 4 heteroatoms. The SMILES string of the molecule is Fc1cc2c(c(Br)c1Cl)OCCCC2. The fourth-order valence-electron chi connectivity index (χ4n) is 1.56. The van der Waals surface area contributed by atoms with E-state index >= 15 is 0 Å². The highest BCUT2D eigenvalue weighted by molar-refractivity contribution is 9.10. The summed E-state index contributed by atoms with van der Waals surface area (Å²) in [5.74, 6) is 0.316. The second kappa shape index (κ2) is 4.07. The first-order valence-corrected chi connectivity index (χ1v) is 5.66. The van der Waals surface area contributed by atoms with Crippen molar-refractivity contribution in [2.45, 2.75) is 19.3 Å². The Balaban J connectivity index is 2.55. The van der Waals surface area contributed by atoms with E-state index in [0.29, 0.717) is 16.8 Å². The summed E-state index contributed by atoms with van der Waals surface area (Å²) < 4.78 is 19.3. The van der Waals surface area contributed by atoms with Crippen molar-refractivity contribution in [2.75, 3.05) is 6.61 Å². The van der Waals surface area contributed by atoms with Crippen LogP contribution >= 0.6 is 27.5 Å². The minimum atomic E-state index is -0.386. The van der Waals surface area contributed by atoms with E-state index in [2.05, 4.69) is 15.9 Å². The van der Waals surface area contributed by atoms with Crippen LogP contribution in [0, 0.1) is 5.82 Å². The third-order valence-corrected chi connectivity index (χ3v) is 3.64. The predicted molar refractivity (Wildman–Crippen MR) is 57.5 cm³/mol. The quantitative estimate of drug-likeness (QED) is 0.653. The van der Waals surface area contributed by atoms with Crippen LogP contribution < -0.4 is 4.74 Å². The Labute approximate surface area is 95.3 Å². The Kier molecular flexibility index (Phi) is 2.98. The van der Waals surface area contributed by atoms with Gasteiger partial charge in [-0.05, 0) is 46.8 Å². The Morgan fingerprint density at radius 1 is 1.43 bits per heavy atom. The molecule has 0 aliphatic carbocycles. The molecule has 0 N–H and O–H groups in total. The summed E-state index contributed by atoms with van der Waals surface area (Å²) in [5, 5.41) is 0.102. The lowest BCUT2D eigenvalue weighted by Gasteiger charge is -2.10. The van der Waals surface area contributed by atoms with E-state index in [1.165, 1.54) is 6.07 Å². The van der Waals surface area contributed by atoms with Crippen LogP contribution in [-0.2, 0) is 6.42 Å². The lowest BCUT2D eigenvalue weighted by atomic mass is 10.1. The first-order valence-electron chi connectivity index (χ1n) is 4.49. The maximum Gasteiger partial charge on any atom is 0.143 e. The topological polar surface area (TPSA) is 9.23 Å². The molecule has 1 heterocycles. The van der Waals surface area contributed by atoms with Gasteiger partial charge in [-0.15, -0.1) is 0 Å². The van der Waals surface area contributed by atoms with Crippen LogP contribution in [0.15, 0.2) is 10.5 Å². The summed E-state index contributed by atoms with van der Waals surface area (Å²) in [4.78, 5) is 0. The van der Waals surface area contributed by atoms with Crippen molar-refractivity contribution in [3.63, 3.8) is 0 Å². The standard InChI is InChI=1S/C10H9BrClFO/c11-8-9(12)7(13)5-6-3-1-2-4-14-10(6)8/h5H,1-4H2. The molecule has 1 nitrogen and oxygen atoms in total. The molecule has 0 atom stereocenters. The average Bonchev–Trinajstić information content (AvgIpc) is 2.39. The number of aryl methyl sites for hydroxylation is 1. The van der Waals surface area contributed by atoms with Gasteiger partial charge in [-0.25, -0.2) is 4.39 Å².